The van der Waals surface area contributed by atoms with Gasteiger partial charge in [-0.1, -0.05) is 39.0 Å². The summed E-state index contributed by atoms with van der Waals surface area (Å²) in [5, 5.41) is 3.38. The maximum Gasteiger partial charge on any atom is 0.131 e. The predicted octanol–water partition coefficient (Wildman–Crippen LogP) is 4.89. The molecule has 0 saturated carbocycles. The Bertz CT molecular complexity index is 831. The molecule has 26 heavy (non-hydrogen) atoms. The van der Waals surface area contributed by atoms with Gasteiger partial charge in [0.05, 0.1) is 19.3 Å². The van der Waals surface area contributed by atoms with Crippen molar-refractivity contribution >= 4 is 5.69 Å². The van der Waals surface area contributed by atoms with E-state index in [1.54, 1.807) is 0 Å². The van der Waals surface area contributed by atoms with Crippen LogP contribution in [0.2, 0.25) is 0 Å². The Hall–Kier alpha value is -1.98. The van der Waals surface area contributed by atoms with Crippen LogP contribution in [0.3, 0.4) is 0 Å². The van der Waals surface area contributed by atoms with E-state index in [2.05, 4.69) is 38.2 Å². The largest absolute Gasteiger partial charge is 0.375 e. The Labute approximate surface area is 152 Å². The topological polar surface area (TPSA) is 30.5 Å². The van der Waals surface area contributed by atoms with Crippen LogP contribution in [0.4, 0.5) is 14.5 Å². The molecule has 3 atom stereocenters. The SMILES string of the molecule is CC(C)(C)c1ccc2c(c1)C1OCCOC1C(c1ccc(F)cc1F)N2. The fraction of sp³-hybridized carbons (Fsp3) is 0.429. The van der Waals surface area contributed by atoms with E-state index in [1.165, 1.54) is 17.7 Å². The van der Waals surface area contributed by atoms with Crippen molar-refractivity contribution in [2.45, 2.75) is 44.4 Å². The van der Waals surface area contributed by atoms with Gasteiger partial charge in [-0.15, -0.1) is 0 Å². The number of halogens is 2. The van der Waals surface area contributed by atoms with Gasteiger partial charge in [-0.3, -0.25) is 0 Å². The quantitative estimate of drug-likeness (QED) is 0.787. The van der Waals surface area contributed by atoms with Crippen LogP contribution in [0.1, 0.15) is 49.6 Å². The van der Waals surface area contributed by atoms with Gasteiger partial charge in [0.25, 0.3) is 0 Å². The summed E-state index contributed by atoms with van der Waals surface area (Å²) in [4.78, 5) is 0. The van der Waals surface area contributed by atoms with Gasteiger partial charge < -0.3 is 14.8 Å². The average Bonchev–Trinajstić information content (AvgIpc) is 2.60. The molecule has 2 aliphatic rings. The zero-order valence-electron chi connectivity index (χ0n) is 15.2. The Kier molecular flexibility index (Phi) is 4.24. The second-order valence-electron chi connectivity index (χ2n) is 7.97. The Morgan fingerprint density at radius 2 is 1.73 bits per heavy atom. The molecule has 2 heterocycles. The summed E-state index contributed by atoms with van der Waals surface area (Å²) >= 11 is 0. The minimum Gasteiger partial charge on any atom is -0.375 e. The van der Waals surface area contributed by atoms with Gasteiger partial charge in [0.15, 0.2) is 0 Å². The molecule has 0 bridgehead atoms. The molecule has 138 valence electrons. The number of rotatable bonds is 1. The summed E-state index contributed by atoms with van der Waals surface area (Å²) in [6.07, 6.45) is -0.650. The fourth-order valence-electron chi connectivity index (χ4n) is 3.73. The van der Waals surface area contributed by atoms with Gasteiger partial charge in [0, 0.05) is 22.9 Å². The molecule has 1 N–H and O–H groups in total. The van der Waals surface area contributed by atoms with E-state index < -0.39 is 17.7 Å². The van der Waals surface area contributed by atoms with Crippen LogP contribution in [0, 0.1) is 11.6 Å². The summed E-state index contributed by atoms with van der Waals surface area (Å²) in [7, 11) is 0. The van der Waals surface area contributed by atoms with Crippen LogP contribution in [-0.2, 0) is 14.9 Å². The third-order valence-electron chi connectivity index (χ3n) is 5.15. The first kappa shape index (κ1) is 17.4. The van der Waals surface area contributed by atoms with Gasteiger partial charge in [-0.05, 0) is 23.1 Å². The van der Waals surface area contributed by atoms with Crippen molar-refractivity contribution in [3.8, 4) is 0 Å². The average molecular weight is 359 g/mol. The summed E-state index contributed by atoms with van der Waals surface area (Å²) in [5.41, 5.74) is 3.54. The van der Waals surface area contributed by atoms with Crippen molar-refractivity contribution < 1.29 is 18.3 Å². The minimum absolute atomic E-state index is 0.0139. The molecule has 5 heteroatoms. The molecule has 2 aromatic rings. The number of hydrogen-bond donors (Lipinski definition) is 1. The Balaban J connectivity index is 1.79. The first-order valence-electron chi connectivity index (χ1n) is 8.94. The summed E-state index contributed by atoms with van der Waals surface area (Å²) in [5.74, 6) is -1.17. The number of benzene rings is 2. The number of anilines is 1. The third-order valence-corrected chi connectivity index (χ3v) is 5.15. The normalized spacial score (nSPS) is 25.2. The fourth-order valence-corrected chi connectivity index (χ4v) is 3.73. The number of fused-ring (bicyclic) bond motifs is 3. The van der Waals surface area contributed by atoms with Gasteiger partial charge in [-0.25, -0.2) is 8.78 Å². The number of ether oxygens (including phenoxy) is 2. The maximum atomic E-state index is 14.4. The van der Waals surface area contributed by atoms with Crippen LogP contribution < -0.4 is 5.32 Å². The van der Waals surface area contributed by atoms with E-state index >= 15 is 0 Å². The number of nitrogens with one attached hydrogen (secondary N) is 1. The molecule has 2 aliphatic heterocycles. The summed E-state index contributed by atoms with van der Waals surface area (Å²) in [6, 6.07) is 9.46. The standard InChI is InChI=1S/C21H23F2NO2/c1-21(2,3)12-4-7-17-15(10-12)19-20(26-9-8-25-19)18(24-17)14-6-5-13(22)11-16(14)23/h4-7,10-11,18-20,24H,8-9H2,1-3H3. The molecule has 1 fully saturated rings. The molecular formula is C21H23F2NO2. The Morgan fingerprint density at radius 3 is 2.46 bits per heavy atom. The van der Waals surface area contributed by atoms with Crippen molar-refractivity contribution in [3.05, 3.63) is 64.7 Å². The molecule has 0 aromatic heterocycles. The smallest absolute Gasteiger partial charge is 0.131 e. The molecule has 0 amide bonds. The summed E-state index contributed by atoms with van der Waals surface area (Å²) in [6.45, 7) is 7.45. The lowest BCUT2D eigenvalue weighted by atomic mass is 9.82. The lowest BCUT2D eigenvalue weighted by molar-refractivity contribution is -0.151. The molecule has 0 aliphatic carbocycles. The molecule has 2 aromatic carbocycles. The maximum absolute atomic E-state index is 14.4. The monoisotopic (exact) mass is 359 g/mol. The lowest BCUT2D eigenvalue weighted by Crippen LogP contribution is -2.43. The highest BCUT2D eigenvalue weighted by Crippen LogP contribution is 2.45. The highest BCUT2D eigenvalue weighted by atomic mass is 19.1. The van der Waals surface area contributed by atoms with E-state index in [-0.39, 0.29) is 17.6 Å². The lowest BCUT2D eigenvalue weighted by Gasteiger charge is -2.43. The van der Waals surface area contributed by atoms with Crippen molar-refractivity contribution in [1.29, 1.82) is 0 Å². The van der Waals surface area contributed by atoms with E-state index in [1.807, 2.05) is 6.07 Å². The van der Waals surface area contributed by atoms with Gasteiger partial charge >= 0.3 is 0 Å². The van der Waals surface area contributed by atoms with Crippen LogP contribution >= 0.6 is 0 Å². The molecule has 0 spiro atoms. The highest BCUT2D eigenvalue weighted by Gasteiger charge is 2.42. The van der Waals surface area contributed by atoms with E-state index in [0.717, 1.165) is 17.3 Å². The highest BCUT2D eigenvalue weighted by molar-refractivity contribution is 5.59. The van der Waals surface area contributed by atoms with E-state index in [0.29, 0.717) is 18.8 Å². The van der Waals surface area contributed by atoms with Gasteiger partial charge in [-0.2, -0.15) is 0 Å². The zero-order chi connectivity index (χ0) is 18.5. The van der Waals surface area contributed by atoms with E-state index in [4.69, 9.17) is 9.47 Å². The van der Waals surface area contributed by atoms with E-state index in [9.17, 15) is 8.78 Å². The molecule has 3 nitrogen and oxygen atoms in total. The van der Waals surface area contributed by atoms with Crippen LogP contribution in [-0.4, -0.2) is 19.3 Å². The van der Waals surface area contributed by atoms with Crippen molar-refractivity contribution in [2.24, 2.45) is 0 Å². The van der Waals surface area contributed by atoms with Crippen LogP contribution in [0.15, 0.2) is 36.4 Å². The molecule has 4 rings (SSSR count). The second-order valence-corrected chi connectivity index (χ2v) is 7.97. The third kappa shape index (κ3) is 2.99. The zero-order valence-corrected chi connectivity index (χ0v) is 15.2. The van der Waals surface area contributed by atoms with Crippen LogP contribution in [0.5, 0.6) is 0 Å². The molecule has 0 radical (unpaired) electrons. The van der Waals surface area contributed by atoms with Crippen LogP contribution in [0.25, 0.3) is 0 Å². The summed E-state index contributed by atoms with van der Waals surface area (Å²) < 4.78 is 39.7. The molecule has 1 saturated heterocycles. The molecular weight excluding hydrogens is 336 g/mol. The van der Waals surface area contributed by atoms with Gasteiger partial charge in [0.1, 0.15) is 23.8 Å². The predicted molar refractivity (Wildman–Crippen MR) is 96.3 cm³/mol. The first-order valence-corrected chi connectivity index (χ1v) is 8.94. The van der Waals surface area contributed by atoms with Crippen molar-refractivity contribution in [1.82, 2.24) is 0 Å². The second kappa shape index (κ2) is 6.32. The van der Waals surface area contributed by atoms with Crippen molar-refractivity contribution in [2.75, 3.05) is 18.5 Å². The Morgan fingerprint density at radius 1 is 0.962 bits per heavy atom. The first-order chi connectivity index (χ1) is 12.3. The van der Waals surface area contributed by atoms with Crippen molar-refractivity contribution in [3.63, 3.8) is 0 Å². The molecule has 3 unspecified atom stereocenters. The van der Waals surface area contributed by atoms with Gasteiger partial charge in [0.2, 0.25) is 0 Å². The number of hydrogen-bond acceptors (Lipinski definition) is 3. The minimum atomic E-state index is -0.588.